The summed E-state index contributed by atoms with van der Waals surface area (Å²) in [4.78, 5) is 0. The van der Waals surface area contributed by atoms with E-state index in [2.05, 4.69) is 31.4 Å². The van der Waals surface area contributed by atoms with Crippen LogP contribution in [0.2, 0.25) is 0 Å². The van der Waals surface area contributed by atoms with Crippen LogP contribution in [0.15, 0.2) is 0 Å². The summed E-state index contributed by atoms with van der Waals surface area (Å²) in [5.74, 6) is 0. The summed E-state index contributed by atoms with van der Waals surface area (Å²) < 4.78 is 5.55. The summed E-state index contributed by atoms with van der Waals surface area (Å²) in [5, 5.41) is 6.73. The first-order chi connectivity index (χ1) is 5.58. The van der Waals surface area contributed by atoms with Crippen LogP contribution in [-0.4, -0.2) is 37.9 Å². The maximum atomic E-state index is 5.55. The van der Waals surface area contributed by atoms with Crippen LogP contribution < -0.4 is 10.6 Å². The van der Waals surface area contributed by atoms with Gasteiger partial charge in [0.05, 0.1) is 12.7 Å². The minimum absolute atomic E-state index is 0.195. The Morgan fingerprint density at radius 3 is 2.75 bits per heavy atom. The summed E-state index contributed by atoms with van der Waals surface area (Å²) >= 11 is 0. The topological polar surface area (TPSA) is 33.3 Å². The molecule has 72 valence electrons. The van der Waals surface area contributed by atoms with Crippen LogP contribution in [0.1, 0.15) is 20.8 Å². The third-order valence-electron chi connectivity index (χ3n) is 1.86. The van der Waals surface area contributed by atoms with Gasteiger partial charge in [-0.2, -0.15) is 0 Å². The molecule has 1 unspecified atom stereocenters. The van der Waals surface area contributed by atoms with Gasteiger partial charge in [0.25, 0.3) is 0 Å². The van der Waals surface area contributed by atoms with Gasteiger partial charge in [-0.1, -0.05) is 0 Å². The number of ether oxygens (including phenoxy) is 1. The molecule has 0 spiro atoms. The third kappa shape index (κ3) is 4.04. The van der Waals surface area contributed by atoms with Crippen molar-refractivity contribution in [3.8, 4) is 0 Å². The van der Waals surface area contributed by atoms with Crippen molar-refractivity contribution in [2.45, 2.75) is 32.4 Å². The molecule has 2 N–H and O–H groups in total. The highest BCUT2D eigenvalue weighted by atomic mass is 16.5. The molecule has 12 heavy (non-hydrogen) atoms. The van der Waals surface area contributed by atoms with Crippen LogP contribution in [0.5, 0.6) is 0 Å². The molecule has 1 atom stereocenters. The van der Waals surface area contributed by atoms with E-state index in [0.29, 0.717) is 6.10 Å². The lowest BCUT2D eigenvalue weighted by molar-refractivity contribution is 0.0257. The Morgan fingerprint density at radius 2 is 2.25 bits per heavy atom. The molecular formula is C9H20N2O. The van der Waals surface area contributed by atoms with E-state index in [9.17, 15) is 0 Å². The second-order valence-electron chi connectivity index (χ2n) is 4.33. The number of hydrogen-bond acceptors (Lipinski definition) is 3. The molecule has 0 aliphatic carbocycles. The Kier molecular flexibility index (Phi) is 3.50. The molecule has 0 aromatic heterocycles. The molecule has 1 saturated heterocycles. The monoisotopic (exact) mass is 172 g/mol. The average Bonchev–Trinajstić information content (AvgIpc) is 2.02. The van der Waals surface area contributed by atoms with Gasteiger partial charge >= 0.3 is 0 Å². The summed E-state index contributed by atoms with van der Waals surface area (Å²) in [5.41, 5.74) is 0.195. The van der Waals surface area contributed by atoms with E-state index in [4.69, 9.17) is 4.74 Å². The summed E-state index contributed by atoms with van der Waals surface area (Å²) in [6, 6.07) is 0. The molecule has 1 heterocycles. The second-order valence-corrected chi connectivity index (χ2v) is 4.33. The van der Waals surface area contributed by atoms with Crippen LogP contribution in [-0.2, 0) is 4.74 Å². The van der Waals surface area contributed by atoms with E-state index in [0.717, 1.165) is 26.2 Å². The van der Waals surface area contributed by atoms with Crippen LogP contribution in [0, 0.1) is 0 Å². The van der Waals surface area contributed by atoms with Crippen LogP contribution >= 0.6 is 0 Å². The molecule has 0 amide bonds. The van der Waals surface area contributed by atoms with Crippen molar-refractivity contribution < 1.29 is 4.74 Å². The lowest BCUT2D eigenvalue weighted by Gasteiger charge is -2.28. The van der Waals surface area contributed by atoms with Crippen LogP contribution in [0.4, 0.5) is 0 Å². The maximum Gasteiger partial charge on any atom is 0.0824 e. The number of hydrogen-bond donors (Lipinski definition) is 2. The predicted molar refractivity (Wildman–Crippen MR) is 50.4 cm³/mol. The van der Waals surface area contributed by atoms with Gasteiger partial charge in [-0.15, -0.1) is 0 Å². The molecule has 3 heteroatoms. The first-order valence-corrected chi connectivity index (χ1v) is 4.65. The zero-order chi connectivity index (χ0) is 9.03. The third-order valence-corrected chi connectivity index (χ3v) is 1.86. The highest BCUT2D eigenvalue weighted by molar-refractivity contribution is 4.76. The normalized spacial score (nSPS) is 25.8. The first kappa shape index (κ1) is 9.96. The first-order valence-electron chi connectivity index (χ1n) is 4.65. The van der Waals surface area contributed by atoms with Crippen LogP contribution in [0.3, 0.4) is 0 Å². The number of morpholine rings is 1. The van der Waals surface area contributed by atoms with E-state index in [1.54, 1.807) is 0 Å². The van der Waals surface area contributed by atoms with Crippen LogP contribution in [0.25, 0.3) is 0 Å². The summed E-state index contributed by atoms with van der Waals surface area (Å²) in [6.07, 6.45) is 0.345. The Labute approximate surface area is 74.9 Å². The van der Waals surface area contributed by atoms with Gasteiger partial charge in [-0.05, 0) is 20.8 Å². The second kappa shape index (κ2) is 4.21. The highest BCUT2D eigenvalue weighted by Gasteiger charge is 2.16. The van der Waals surface area contributed by atoms with Gasteiger partial charge in [0.1, 0.15) is 0 Å². The standard InChI is InChI=1S/C9H20N2O/c1-9(2,3)11-7-8-6-10-4-5-12-8/h8,10-11H,4-7H2,1-3H3. The van der Waals surface area contributed by atoms with Gasteiger partial charge in [-0.3, -0.25) is 0 Å². The van der Waals surface area contributed by atoms with Gasteiger partial charge in [0.2, 0.25) is 0 Å². The van der Waals surface area contributed by atoms with Crippen molar-refractivity contribution in [2.75, 3.05) is 26.2 Å². The maximum absolute atomic E-state index is 5.55. The highest BCUT2D eigenvalue weighted by Crippen LogP contribution is 2.00. The Bertz CT molecular complexity index is 125. The van der Waals surface area contributed by atoms with E-state index >= 15 is 0 Å². The summed E-state index contributed by atoms with van der Waals surface area (Å²) in [6.45, 7) is 10.3. The predicted octanol–water partition coefficient (Wildman–Crippen LogP) is 0.363. The van der Waals surface area contributed by atoms with Crippen molar-refractivity contribution in [1.29, 1.82) is 0 Å². The SMILES string of the molecule is CC(C)(C)NCC1CNCCO1. The molecule has 0 radical (unpaired) electrons. The fourth-order valence-corrected chi connectivity index (χ4v) is 1.17. The Morgan fingerprint density at radius 1 is 1.50 bits per heavy atom. The zero-order valence-electron chi connectivity index (χ0n) is 8.31. The van der Waals surface area contributed by atoms with E-state index in [1.807, 2.05) is 0 Å². The molecule has 0 bridgehead atoms. The van der Waals surface area contributed by atoms with Crippen molar-refractivity contribution in [3.63, 3.8) is 0 Å². The zero-order valence-corrected chi connectivity index (χ0v) is 8.31. The molecule has 0 aromatic carbocycles. The number of nitrogens with one attached hydrogen (secondary N) is 2. The molecule has 0 aromatic rings. The molecule has 1 fully saturated rings. The van der Waals surface area contributed by atoms with Crippen molar-refractivity contribution >= 4 is 0 Å². The van der Waals surface area contributed by atoms with Gasteiger partial charge in [0, 0.05) is 25.2 Å². The minimum Gasteiger partial charge on any atom is -0.374 e. The lowest BCUT2D eigenvalue weighted by Crippen LogP contribution is -2.48. The lowest BCUT2D eigenvalue weighted by atomic mass is 10.1. The largest absolute Gasteiger partial charge is 0.374 e. The van der Waals surface area contributed by atoms with Crippen molar-refractivity contribution in [2.24, 2.45) is 0 Å². The van der Waals surface area contributed by atoms with E-state index in [1.165, 1.54) is 0 Å². The van der Waals surface area contributed by atoms with Gasteiger partial charge in [0.15, 0.2) is 0 Å². The molecular weight excluding hydrogens is 152 g/mol. The molecule has 1 aliphatic rings. The minimum atomic E-state index is 0.195. The van der Waals surface area contributed by atoms with Crippen molar-refractivity contribution in [1.82, 2.24) is 10.6 Å². The van der Waals surface area contributed by atoms with E-state index in [-0.39, 0.29) is 5.54 Å². The smallest absolute Gasteiger partial charge is 0.0824 e. The Balaban J connectivity index is 2.13. The average molecular weight is 172 g/mol. The quantitative estimate of drug-likeness (QED) is 0.631. The number of rotatable bonds is 2. The van der Waals surface area contributed by atoms with Gasteiger partial charge < -0.3 is 15.4 Å². The fraction of sp³-hybridized carbons (Fsp3) is 1.00. The Hall–Kier alpha value is -0.120. The molecule has 0 saturated carbocycles. The molecule has 1 aliphatic heterocycles. The molecule has 3 nitrogen and oxygen atoms in total. The summed E-state index contributed by atoms with van der Waals surface area (Å²) in [7, 11) is 0. The fourth-order valence-electron chi connectivity index (χ4n) is 1.17. The van der Waals surface area contributed by atoms with E-state index < -0.39 is 0 Å². The van der Waals surface area contributed by atoms with Gasteiger partial charge in [-0.25, -0.2) is 0 Å². The van der Waals surface area contributed by atoms with Crippen molar-refractivity contribution in [3.05, 3.63) is 0 Å². The molecule has 1 rings (SSSR count).